The van der Waals surface area contributed by atoms with Crippen molar-refractivity contribution < 1.29 is 24.2 Å². The third-order valence-corrected chi connectivity index (χ3v) is 3.58. The minimum absolute atomic E-state index is 0.0283. The number of hydrogen-bond acceptors (Lipinski definition) is 5. The van der Waals surface area contributed by atoms with E-state index >= 15 is 0 Å². The number of benzene rings is 1. The zero-order valence-electron chi connectivity index (χ0n) is 12.5. The molecule has 0 saturated heterocycles. The molecule has 0 spiro atoms. The predicted molar refractivity (Wildman–Crippen MR) is 81.4 cm³/mol. The van der Waals surface area contributed by atoms with Gasteiger partial charge >= 0.3 is 11.9 Å². The molecule has 1 aliphatic rings. The number of carboxylic acid groups (broad SMARTS) is 1. The number of rotatable bonds is 5. The standard InChI is InChI=1S/C16H16N2O5/c1-10-7-12(17)16(8-13(19)20,14(21)18-10)15(22)23-9-11-5-3-2-4-6-11/h2-6,17H,7-9H2,1H3,(H,19,20). The highest BCUT2D eigenvalue weighted by Crippen LogP contribution is 2.33. The average molecular weight is 316 g/mol. The lowest BCUT2D eigenvalue weighted by molar-refractivity contribution is -0.161. The van der Waals surface area contributed by atoms with E-state index in [9.17, 15) is 14.4 Å². The first kappa shape index (κ1) is 16.5. The van der Waals surface area contributed by atoms with E-state index in [1.165, 1.54) is 0 Å². The average Bonchev–Trinajstić information content (AvgIpc) is 2.49. The van der Waals surface area contributed by atoms with E-state index in [4.69, 9.17) is 15.3 Å². The molecule has 7 nitrogen and oxygen atoms in total. The molecule has 0 fully saturated rings. The monoisotopic (exact) mass is 316 g/mol. The van der Waals surface area contributed by atoms with Gasteiger partial charge < -0.3 is 15.3 Å². The van der Waals surface area contributed by atoms with Gasteiger partial charge in [0.1, 0.15) is 6.61 Å². The molecule has 0 radical (unpaired) electrons. The number of aliphatic carboxylic acids is 1. The maximum atomic E-state index is 12.4. The Hall–Kier alpha value is -2.83. The van der Waals surface area contributed by atoms with Crippen LogP contribution in [0, 0.1) is 10.8 Å². The van der Waals surface area contributed by atoms with Crippen LogP contribution in [0.5, 0.6) is 0 Å². The third-order valence-electron chi connectivity index (χ3n) is 3.58. The summed E-state index contributed by atoms with van der Waals surface area (Å²) in [5, 5.41) is 17.1. The first-order valence-corrected chi connectivity index (χ1v) is 6.95. The van der Waals surface area contributed by atoms with Crippen LogP contribution in [0.1, 0.15) is 25.3 Å². The second-order valence-corrected chi connectivity index (χ2v) is 5.35. The molecule has 1 unspecified atom stereocenters. The Morgan fingerprint density at radius 2 is 2.00 bits per heavy atom. The van der Waals surface area contributed by atoms with Crippen molar-refractivity contribution in [1.29, 1.82) is 5.41 Å². The fraction of sp³-hybridized carbons (Fsp3) is 0.312. The van der Waals surface area contributed by atoms with Gasteiger partial charge in [0.05, 0.1) is 6.42 Å². The largest absolute Gasteiger partial charge is 0.481 e. The molecule has 2 rings (SSSR count). The highest BCUT2D eigenvalue weighted by molar-refractivity contribution is 6.31. The molecule has 1 aliphatic heterocycles. The van der Waals surface area contributed by atoms with Gasteiger partial charge in [0, 0.05) is 17.8 Å². The van der Waals surface area contributed by atoms with Gasteiger partial charge in [0.25, 0.3) is 5.91 Å². The fourth-order valence-corrected chi connectivity index (χ4v) is 2.38. The predicted octanol–water partition coefficient (Wildman–Crippen LogP) is 1.60. The van der Waals surface area contributed by atoms with E-state index in [2.05, 4.69) is 4.99 Å². The zero-order valence-corrected chi connectivity index (χ0v) is 12.5. The van der Waals surface area contributed by atoms with Crippen LogP contribution in [0.15, 0.2) is 35.3 Å². The second kappa shape index (κ2) is 6.51. The smallest absolute Gasteiger partial charge is 0.328 e. The van der Waals surface area contributed by atoms with Crippen molar-refractivity contribution in [1.82, 2.24) is 0 Å². The number of amides is 1. The lowest BCUT2D eigenvalue weighted by atomic mass is 9.75. The minimum atomic E-state index is -2.17. The van der Waals surface area contributed by atoms with E-state index in [1.807, 2.05) is 0 Å². The normalized spacial score (nSPS) is 20.8. The summed E-state index contributed by atoms with van der Waals surface area (Å²) < 4.78 is 5.11. The molecule has 1 heterocycles. The van der Waals surface area contributed by atoms with Crippen LogP contribution in [0.25, 0.3) is 0 Å². The van der Waals surface area contributed by atoms with Crippen molar-refractivity contribution >= 4 is 29.3 Å². The Morgan fingerprint density at radius 3 is 2.57 bits per heavy atom. The highest BCUT2D eigenvalue weighted by atomic mass is 16.5. The van der Waals surface area contributed by atoms with Gasteiger partial charge in [-0.25, -0.2) is 4.99 Å². The quantitative estimate of drug-likeness (QED) is 0.632. The van der Waals surface area contributed by atoms with Crippen LogP contribution in [0.2, 0.25) is 0 Å². The maximum absolute atomic E-state index is 12.4. The lowest BCUT2D eigenvalue weighted by Gasteiger charge is -2.30. The molecule has 0 aliphatic carbocycles. The molecular weight excluding hydrogens is 300 g/mol. The summed E-state index contributed by atoms with van der Waals surface area (Å²) in [5.41, 5.74) is -1.40. The molecule has 1 atom stereocenters. The molecule has 0 aromatic heterocycles. The van der Waals surface area contributed by atoms with Gasteiger partial charge in [-0.3, -0.25) is 14.4 Å². The number of esters is 1. The number of nitrogens with one attached hydrogen (secondary N) is 1. The van der Waals surface area contributed by atoms with Crippen molar-refractivity contribution in [2.75, 3.05) is 0 Å². The first-order chi connectivity index (χ1) is 10.9. The van der Waals surface area contributed by atoms with Crippen molar-refractivity contribution in [3.05, 3.63) is 35.9 Å². The van der Waals surface area contributed by atoms with Gasteiger partial charge in [0.15, 0.2) is 5.41 Å². The molecule has 7 heteroatoms. The van der Waals surface area contributed by atoms with Crippen LogP contribution in [0.4, 0.5) is 0 Å². The Balaban J connectivity index is 2.27. The van der Waals surface area contributed by atoms with Crippen LogP contribution in [0.3, 0.4) is 0 Å². The number of ether oxygens (including phenoxy) is 1. The van der Waals surface area contributed by atoms with E-state index in [0.29, 0.717) is 11.3 Å². The Morgan fingerprint density at radius 1 is 1.35 bits per heavy atom. The van der Waals surface area contributed by atoms with Crippen molar-refractivity contribution in [2.24, 2.45) is 10.4 Å². The van der Waals surface area contributed by atoms with E-state index < -0.39 is 29.7 Å². The van der Waals surface area contributed by atoms with Gasteiger partial charge in [-0.1, -0.05) is 30.3 Å². The number of carbonyl (C=O) groups excluding carboxylic acids is 2. The fourth-order valence-electron chi connectivity index (χ4n) is 2.38. The van der Waals surface area contributed by atoms with Crippen LogP contribution in [-0.2, 0) is 25.7 Å². The summed E-state index contributed by atoms with van der Waals surface area (Å²) in [7, 11) is 0. The minimum Gasteiger partial charge on any atom is -0.481 e. The van der Waals surface area contributed by atoms with Gasteiger partial charge in [-0.15, -0.1) is 0 Å². The maximum Gasteiger partial charge on any atom is 0.328 e. The summed E-state index contributed by atoms with van der Waals surface area (Å²) in [4.78, 5) is 39.5. The summed E-state index contributed by atoms with van der Waals surface area (Å²) in [6.07, 6.45) is -0.867. The van der Waals surface area contributed by atoms with Crippen molar-refractivity contribution in [3.8, 4) is 0 Å². The molecule has 2 N–H and O–H groups in total. The Kier molecular flexibility index (Phi) is 4.68. The zero-order chi connectivity index (χ0) is 17.0. The first-order valence-electron chi connectivity index (χ1n) is 6.95. The lowest BCUT2D eigenvalue weighted by Crippen LogP contribution is -2.50. The summed E-state index contributed by atoms with van der Waals surface area (Å²) >= 11 is 0. The van der Waals surface area contributed by atoms with Crippen LogP contribution in [-0.4, -0.2) is 34.4 Å². The third kappa shape index (κ3) is 3.33. The molecule has 1 aromatic rings. The number of nitrogens with zero attached hydrogens (tertiary/aromatic N) is 1. The Bertz CT molecular complexity index is 696. The number of carbonyl (C=O) groups is 3. The van der Waals surface area contributed by atoms with Gasteiger partial charge in [-0.2, -0.15) is 0 Å². The SMILES string of the molecule is CC1=NC(=O)C(CC(=O)O)(C(=O)OCc2ccccc2)C(=N)C1. The van der Waals surface area contributed by atoms with E-state index in [-0.39, 0.29) is 18.7 Å². The molecule has 0 saturated carbocycles. The van der Waals surface area contributed by atoms with Crippen LogP contribution < -0.4 is 0 Å². The topological polar surface area (TPSA) is 117 Å². The van der Waals surface area contributed by atoms with Gasteiger partial charge in [0.2, 0.25) is 0 Å². The summed E-state index contributed by atoms with van der Waals surface area (Å²) in [6.45, 7) is 1.44. The van der Waals surface area contributed by atoms with E-state index in [0.717, 1.165) is 0 Å². The molecule has 120 valence electrons. The summed E-state index contributed by atoms with van der Waals surface area (Å²) in [5.74, 6) is -3.36. The van der Waals surface area contributed by atoms with E-state index in [1.54, 1.807) is 37.3 Å². The van der Waals surface area contributed by atoms with Crippen molar-refractivity contribution in [2.45, 2.75) is 26.4 Å². The molecule has 1 aromatic carbocycles. The van der Waals surface area contributed by atoms with Crippen LogP contribution >= 0.6 is 0 Å². The molecule has 1 amide bonds. The number of carboxylic acids is 1. The summed E-state index contributed by atoms with van der Waals surface area (Å²) in [6, 6.07) is 8.78. The number of aliphatic imine (C=N–C) groups is 1. The second-order valence-electron chi connectivity index (χ2n) is 5.35. The molecule has 0 bridgehead atoms. The molecule has 23 heavy (non-hydrogen) atoms. The highest BCUT2D eigenvalue weighted by Gasteiger charge is 2.54. The number of hydrogen-bond donors (Lipinski definition) is 2. The Labute approximate surface area is 132 Å². The molecular formula is C16H16N2O5. The van der Waals surface area contributed by atoms with Crippen molar-refractivity contribution in [3.63, 3.8) is 0 Å². The van der Waals surface area contributed by atoms with Gasteiger partial charge in [-0.05, 0) is 12.5 Å².